The number of fused-ring (bicyclic) bond motifs is 2. The van der Waals surface area contributed by atoms with Crippen LogP contribution in [-0.2, 0) is 24.3 Å². The fourth-order valence-electron chi connectivity index (χ4n) is 7.19. The second-order valence-electron chi connectivity index (χ2n) is 13.3. The van der Waals surface area contributed by atoms with Gasteiger partial charge in [-0.1, -0.05) is 6.07 Å². The van der Waals surface area contributed by atoms with Crippen molar-refractivity contribution in [1.29, 1.82) is 5.26 Å². The van der Waals surface area contributed by atoms with Gasteiger partial charge in [-0.2, -0.15) is 18.4 Å². The molecule has 0 bridgehead atoms. The number of nitrogens with one attached hydrogen (secondary N) is 2. The Morgan fingerprint density at radius 2 is 1.75 bits per heavy atom. The first kappa shape index (κ1) is 34.1. The van der Waals surface area contributed by atoms with E-state index in [0.717, 1.165) is 93.7 Å². The average Bonchev–Trinajstić information content (AvgIpc) is 3.62. The van der Waals surface area contributed by atoms with Gasteiger partial charge in [0.2, 0.25) is 5.91 Å². The molecule has 0 saturated carbocycles. The van der Waals surface area contributed by atoms with E-state index in [2.05, 4.69) is 60.1 Å². The third-order valence-electron chi connectivity index (χ3n) is 9.93. The van der Waals surface area contributed by atoms with Gasteiger partial charge >= 0.3 is 6.18 Å². The highest BCUT2D eigenvalue weighted by Gasteiger charge is 2.30. The SMILES string of the molecule is CNC(=O)CC1CCN(CCn2c(C#N)cc3c(C)c(CN4CCC(Nc5nc(C)nc6sc(CC(F)(F)F)cc56)CC4)ccc32)CC1. The number of carbonyl (C=O) groups excluding carboxylic acids is 1. The van der Waals surface area contributed by atoms with E-state index in [1.165, 1.54) is 11.1 Å². The minimum atomic E-state index is -4.26. The fourth-order valence-corrected chi connectivity index (χ4v) is 8.29. The minimum absolute atomic E-state index is 0.113. The van der Waals surface area contributed by atoms with Crippen LogP contribution in [0.5, 0.6) is 0 Å². The molecule has 2 aliphatic rings. The number of hydrogen-bond acceptors (Lipinski definition) is 8. The number of nitrogens with zero attached hydrogens (tertiary/aromatic N) is 6. The first-order valence-corrected chi connectivity index (χ1v) is 17.6. The van der Waals surface area contributed by atoms with Crippen molar-refractivity contribution in [2.24, 2.45) is 5.92 Å². The number of aryl methyl sites for hydroxylation is 2. The molecule has 5 heterocycles. The number of nitriles is 1. The smallest absolute Gasteiger partial charge is 0.367 e. The van der Waals surface area contributed by atoms with E-state index in [-0.39, 0.29) is 16.8 Å². The molecule has 0 atom stereocenters. The summed E-state index contributed by atoms with van der Waals surface area (Å²) in [5.74, 6) is 1.71. The number of hydrogen-bond donors (Lipinski definition) is 2. The van der Waals surface area contributed by atoms with Crippen molar-refractivity contribution in [1.82, 2.24) is 29.7 Å². The zero-order valence-corrected chi connectivity index (χ0v) is 28.6. The summed E-state index contributed by atoms with van der Waals surface area (Å²) in [6, 6.07) is 10.5. The van der Waals surface area contributed by atoms with Gasteiger partial charge in [-0.15, -0.1) is 11.3 Å². The molecule has 0 unspecified atom stereocenters. The second kappa shape index (κ2) is 14.4. The molecule has 0 aliphatic carbocycles. The van der Waals surface area contributed by atoms with Crippen molar-refractivity contribution >= 4 is 44.2 Å². The molecule has 2 aliphatic heterocycles. The number of amides is 1. The van der Waals surface area contributed by atoms with E-state index >= 15 is 0 Å². The van der Waals surface area contributed by atoms with Crippen molar-refractivity contribution in [3.8, 4) is 6.07 Å². The molecule has 2 saturated heterocycles. The van der Waals surface area contributed by atoms with Crippen molar-refractivity contribution in [2.75, 3.05) is 45.1 Å². The van der Waals surface area contributed by atoms with Gasteiger partial charge in [0.25, 0.3) is 0 Å². The number of likely N-dealkylation sites (tertiary alicyclic amines) is 2. The summed E-state index contributed by atoms with van der Waals surface area (Å²) in [4.78, 5) is 26.4. The Balaban J connectivity index is 1.06. The summed E-state index contributed by atoms with van der Waals surface area (Å²) in [6.07, 6.45) is -0.797. The van der Waals surface area contributed by atoms with Gasteiger partial charge in [0.1, 0.15) is 28.2 Å². The number of anilines is 1. The summed E-state index contributed by atoms with van der Waals surface area (Å²) in [7, 11) is 1.69. The molecule has 4 aromatic rings. The lowest BCUT2D eigenvalue weighted by atomic mass is 9.93. The van der Waals surface area contributed by atoms with E-state index in [4.69, 9.17) is 0 Å². The lowest BCUT2D eigenvalue weighted by molar-refractivity contribution is -0.126. The third kappa shape index (κ3) is 7.93. The Hall–Kier alpha value is -3.73. The van der Waals surface area contributed by atoms with Crippen LogP contribution in [0.15, 0.2) is 24.3 Å². The van der Waals surface area contributed by atoms with E-state index < -0.39 is 12.6 Å². The predicted octanol–water partition coefficient (Wildman–Crippen LogP) is 6.16. The molecule has 9 nitrogen and oxygen atoms in total. The van der Waals surface area contributed by atoms with Crippen molar-refractivity contribution in [3.05, 3.63) is 51.8 Å². The predicted molar refractivity (Wildman–Crippen MR) is 183 cm³/mol. The minimum Gasteiger partial charge on any atom is -0.367 e. The summed E-state index contributed by atoms with van der Waals surface area (Å²) in [5, 5.41) is 18.0. The quantitative estimate of drug-likeness (QED) is 0.207. The summed E-state index contributed by atoms with van der Waals surface area (Å²) in [6.45, 7) is 10.1. The van der Waals surface area contributed by atoms with Gasteiger partial charge in [0, 0.05) is 68.0 Å². The maximum absolute atomic E-state index is 13.0. The molecule has 0 spiro atoms. The molecule has 3 aromatic heterocycles. The van der Waals surface area contributed by atoms with Crippen LogP contribution in [0.3, 0.4) is 0 Å². The van der Waals surface area contributed by atoms with Crippen LogP contribution in [-0.4, -0.2) is 82.2 Å². The van der Waals surface area contributed by atoms with Gasteiger partial charge in [0.15, 0.2) is 0 Å². The number of carbonyl (C=O) groups is 1. The summed E-state index contributed by atoms with van der Waals surface area (Å²) < 4.78 is 41.2. The topological polar surface area (TPSA) is 102 Å². The average molecular weight is 681 g/mol. The van der Waals surface area contributed by atoms with Crippen LogP contribution in [0.2, 0.25) is 0 Å². The lowest BCUT2D eigenvalue weighted by Crippen LogP contribution is -2.39. The molecule has 2 fully saturated rings. The molecule has 1 amide bonds. The highest BCUT2D eigenvalue weighted by molar-refractivity contribution is 7.18. The zero-order valence-electron chi connectivity index (χ0n) is 27.8. The standard InChI is InChI=1S/C35H43F3N8OS/c1-22-25(4-5-31-29(22)17-27(20-39)46(31)15-14-44-10-6-24(7-11-44)16-32(47)40-3)21-45-12-8-26(9-13-45)43-33-30-18-28(19-35(36,37)38)48-34(30)42-23(2)41-33/h4-5,17-18,24,26H,6-16,19,21H2,1-3H3,(H,40,47)(H,41,42,43). The molecular formula is C35H43F3N8OS. The molecule has 6 rings (SSSR count). The van der Waals surface area contributed by atoms with Crippen LogP contribution in [0.4, 0.5) is 19.0 Å². The van der Waals surface area contributed by atoms with E-state index in [1.54, 1.807) is 20.0 Å². The van der Waals surface area contributed by atoms with Gasteiger partial charge in [0.05, 0.1) is 11.8 Å². The molecule has 1 aromatic carbocycles. The Morgan fingerprint density at radius 1 is 1.02 bits per heavy atom. The summed E-state index contributed by atoms with van der Waals surface area (Å²) >= 11 is 1.08. The molecule has 256 valence electrons. The van der Waals surface area contributed by atoms with Gasteiger partial charge in [-0.05, 0) is 87.9 Å². The molecule has 0 radical (unpaired) electrons. The van der Waals surface area contributed by atoms with Crippen LogP contribution in [0, 0.1) is 31.1 Å². The number of halogens is 3. The maximum Gasteiger partial charge on any atom is 0.393 e. The van der Waals surface area contributed by atoms with Gasteiger partial charge in [-0.3, -0.25) is 9.69 Å². The van der Waals surface area contributed by atoms with Crippen LogP contribution in [0.25, 0.3) is 21.1 Å². The van der Waals surface area contributed by atoms with E-state index in [9.17, 15) is 23.2 Å². The van der Waals surface area contributed by atoms with Gasteiger partial charge in [-0.25, -0.2) is 9.97 Å². The Bertz CT molecular complexity index is 1810. The maximum atomic E-state index is 13.0. The van der Waals surface area contributed by atoms with Crippen molar-refractivity contribution in [2.45, 2.75) is 77.7 Å². The van der Waals surface area contributed by atoms with Crippen LogP contribution >= 0.6 is 11.3 Å². The second-order valence-corrected chi connectivity index (χ2v) is 14.4. The Morgan fingerprint density at radius 3 is 2.44 bits per heavy atom. The number of aromatic nitrogens is 3. The number of thiophene rings is 1. The van der Waals surface area contributed by atoms with Crippen LogP contribution in [0.1, 0.15) is 59.6 Å². The first-order chi connectivity index (χ1) is 23.0. The monoisotopic (exact) mass is 680 g/mol. The fraction of sp³-hybridized carbons (Fsp3) is 0.543. The lowest BCUT2D eigenvalue weighted by Gasteiger charge is -2.33. The molecular weight excluding hydrogens is 638 g/mol. The molecule has 2 N–H and O–H groups in total. The van der Waals surface area contributed by atoms with E-state index in [0.29, 0.717) is 39.9 Å². The third-order valence-corrected chi connectivity index (χ3v) is 11.0. The van der Waals surface area contributed by atoms with Crippen LogP contribution < -0.4 is 10.6 Å². The highest BCUT2D eigenvalue weighted by atomic mass is 32.1. The number of alkyl halides is 3. The highest BCUT2D eigenvalue weighted by Crippen LogP contribution is 2.34. The van der Waals surface area contributed by atoms with Gasteiger partial charge < -0.3 is 20.1 Å². The summed E-state index contributed by atoms with van der Waals surface area (Å²) in [5.41, 5.74) is 4.21. The molecule has 48 heavy (non-hydrogen) atoms. The number of rotatable bonds is 10. The largest absolute Gasteiger partial charge is 0.393 e. The molecule has 13 heteroatoms. The Labute approximate surface area is 283 Å². The van der Waals surface area contributed by atoms with Crippen molar-refractivity contribution < 1.29 is 18.0 Å². The Kier molecular flexibility index (Phi) is 10.2. The zero-order chi connectivity index (χ0) is 34.0. The first-order valence-electron chi connectivity index (χ1n) is 16.8. The van der Waals surface area contributed by atoms with Crippen molar-refractivity contribution in [3.63, 3.8) is 0 Å². The normalized spacial score (nSPS) is 17.3. The van der Waals surface area contributed by atoms with E-state index in [1.807, 2.05) is 6.07 Å². The number of benzene rings is 1. The number of piperidine rings is 2.